The zero-order chi connectivity index (χ0) is 15.1. The van der Waals surface area contributed by atoms with Crippen LogP contribution in [0.5, 0.6) is 0 Å². The number of carboxylic acids is 1. The van der Waals surface area contributed by atoms with Gasteiger partial charge in [0.05, 0.1) is 0 Å². The van der Waals surface area contributed by atoms with Gasteiger partial charge in [0.2, 0.25) is 0 Å². The van der Waals surface area contributed by atoms with Crippen LogP contribution in [0.1, 0.15) is 90.4 Å². The van der Waals surface area contributed by atoms with Gasteiger partial charge in [-0.05, 0) is 62.2 Å². The second kappa shape index (κ2) is 8.80. The molecule has 0 aromatic heterocycles. The molecule has 0 spiro atoms. The summed E-state index contributed by atoms with van der Waals surface area (Å²) in [4.78, 5) is 10.6. The molecule has 2 saturated carbocycles. The van der Waals surface area contributed by atoms with Crippen LogP contribution >= 0.6 is 0 Å². The molecular weight excluding hydrogens is 260 g/mol. The number of rotatable bonds is 7. The monoisotopic (exact) mass is 294 g/mol. The van der Waals surface area contributed by atoms with E-state index in [9.17, 15) is 4.79 Å². The van der Waals surface area contributed by atoms with Crippen LogP contribution in [0.4, 0.5) is 0 Å². The number of hydrogen-bond acceptors (Lipinski definition) is 1. The summed E-state index contributed by atoms with van der Waals surface area (Å²) in [5, 5.41) is 8.71. The highest BCUT2D eigenvalue weighted by atomic mass is 16.4. The first kappa shape index (κ1) is 16.8. The predicted molar refractivity (Wildman–Crippen MR) is 87.3 cm³/mol. The van der Waals surface area contributed by atoms with Crippen LogP contribution in [-0.4, -0.2) is 11.1 Å². The van der Waals surface area contributed by atoms with Crippen LogP contribution in [0.25, 0.3) is 0 Å². The van der Waals surface area contributed by atoms with Crippen molar-refractivity contribution in [3.05, 3.63) is 0 Å². The van der Waals surface area contributed by atoms with Gasteiger partial charge in [-0.25, -0.2) is 0 Å². The van der Waals surface area contributed by atoms with E-state index < -0.39 is 5.97 Å². The quantitative estimate of drug-likeness (QED) is 0.658. The van der Waals surface area contributed by atoms with E-state index in [1.165, 1.54) is 64.2 Å². The fraction of sp³-hybridized carbons (Fsp3) is 0.947. The third-order valence-electron chi connectivity index (χ3n) is 6.15. The summed E-state index contributed by atoms with van der Waals surface area (Å²) in [5.74, 6) is 3.21. The normalized spacial score (nSPS) is 33.8. The summed E-state index contributed by atoms with van der Waals surface area (Å²) in [6.07, 6.45) is 16.7. The van der Waals surface area contributed by atoms with Gasteiger partial charge in [0.15, 0.2) is 0 Å². The van der Waals surface area contributed by atoms with Crippen LogP contribution in [0.2, 0.25) is 0 Å². The Bertz CT molecular complexity index is 297. The van der Waals surface area contributed by atoms with Crippen molar-refractivity contribution in [3.8, 4) is 0 Å². The zero-order valence-corrected chi connectivity index (χ0v) is 13.9. The highest BCUT2D eigenvalue weighted by Crippen LogP contribution is 2.42. The highest BCUT2D eigenvalue weighted by Gasteiger charge is 2.30. The lowest BCUT2D eigenvalue weighted by atomic mass is 9.68. The molecule has 0 radical (unpaired) electrons. The smallest absolute Gasteiger partial charge is 0.303 e. The molecule has 0 bridgehead atoms. The van der Waals surface area contributed by atoms with E-state index in [-0.39, 0.29) is 0 Å². The second-order valence-corrected chi connectivity index (χ2v) is 7.64. The van der Waals surface area contributed by atoms with E-state index in [1.54, 1.807) is 0 Å². The van der Waals surface area contributed by atoms with Crippen molar-refractivity contribution < 1.29 is 9.90 Å². The molecule has 0 heterocycles. The minimum atomic E-state index is -0.632. The fourth-order valence-electron chi connectivity index (χ4n) is 4.85. The van der Waals surface area contributed by atoms with E-state index >= 15 is 0 Å². The van der Waals surface area contributed by atoms with Crippen LogP contribution in [0.3, 0.4) is 0 Å². The summed E-state index contributed by atoms with van der Waals surface area (Å²) in [7, 11) is 0. The van der Waals surface area contributed by atoms with Crippen LogP contribution in [0, 0.1) is 23.7 Å². The number of carboxylic acid groups (broad SMARTS) is 1. The molecule has 2 rings (SSSR count). The first-order valence-corrected chi connectivity index (χ1v) is 9.40. The fourth-order valence-corrected chi connectivity index (χ4v) is 4.85. The van der Waals surface area contributed by atoms with Crippen molar-refractivity contribution in [2.24, 2.45) is 23.7 Å². The lowest BCUT2D eigenvalue weighted by molar-refractivity contribution is -0.137. The third kappa shape index (κ3) is 5.64. The van der Waals surface area contributed by atoms with Crippen molar-refractivity contribution in [2.75, 3.05) is 0 Å². The average Bonchev–Trinajstić information content (AvgIpc) is 2.49. The van der Waals surface area contributed by atoms with Crippen LogP contribution < -0.4 is 0 Å². The van der Waals surface area contributed by atoms with Gasteiger partial charge in [-0.3, -0.25) is 4.79 Å². The second-order valence-electron chi connectivity index (χ2n) is 7.64. The van der Waals surface area contributed by atoms with Gasteiger partial charge < -0.3 is 5.11 Å². The Hall–Kier alpha value is -0.530. The van der Waals surface area contributed by atoms with Crippen molar-refractivity contribution in [2.45, 2.75) is 90.4 Å². The van der Waals surface area contributed by atoms with Gasteiger partial charge in [0.25, 0.3) is 0 Å². The van der Waals surface area contributed by atoms with E-state index in [4.69, 9.17) is 5.11 Å². The molecule has 2 nitrogen and oxygen atoms in total. The lowest BCUT2D eigenvalue weighted by Crippen LogP contribution is -2.25. The summed E-state index contributed by atoms with van der Waals surface area (Å²) >= 11 is 0. The first-order valence-electron chi connectivity index (χ1n) is 9.40. The largest absolute Gasteiger partial charge is 0.481 e. The minimum Gasteiger partial charge on any atom is -0.481 e. The summed E-state index contributed by atoms with van der Waals surface area (Å²) < 4.78 is 0. The maximum absolute atomic E-state index is 10.6. The Kier molecular flexibility index (Phi) is 7.06. The van der Waals surface area contributed by atoms with Gasteiger partial charge >= 0.3 is 5.97 Å². The number of aliphatic carboxylic acids is 1. The average molecular weight is 294 g/mol. The standard InChI is InChI=1S/C19H34O2/c1-2-4-15-7-11-17(12-8-15)18-13-9-16(10-14-18)5-3-6-19(20)21/h15-18H,2-14H2,1H3,(H,20,21)/t15-,16-,17-,18-. The molecule has 0 saturated heterocycles. The van der Waals surface area contributed by atoms with E-state index in [0.717, 1.165) is 36.5 Å². The van der Waals surface area contributed by atoms with E-state index in [2.05, 4.69) is 6.92 Å². The van der Waals surface area contributed by atoms with Crippen molar-refractivity contribution in [3.63, 3.8) is 0 Å². The molecule has 0 aliphatic heterocycles. The van der Waals surface area contributed by atoms with Gasteiger partial charge in [0, 0.05) is 6.42 Å². The van der Waals surface area contributed by atoms with Gasteiger partial charge in [-0.15, -0.1) is 0 Å². The van der Waals surface area contributed by atoms with Crippen molar-refractivity contribution in [1.29, 1.82) is 0 Å². The number of carbonyl (C=O) groups is 1. The predicted octanol–water partition coefficient (Wildman–Crippen LogP) is 5.65. The highest BCUT2D eigenvalue weighted by molar-refractivity contribution is 5.66. The van der Waals surface area contributed by atoms with Crippen LogP contribution in [-0.2, 0) is 4.79 Å². The Morgan fingerprint density at radius 1 is 0.857 bits per heavy atom. The Morgan fingerprint density at radius 3 is 1.76 bits per heavy atom. The molecule has 21 heavy (non-hydrogen) atoms. The molecule has 2 aliphatic carbocycles. The molecule has 0 aromatic carbocycles. The third-order valence-corrected chi connectivity index (χ3v) is 6.15. The molecule has 2 aliphatic rings. The molecule has 0 aromatic rings. The van der Waals surface area contributed by atoms with E-state index in [1.807, 2.05) is 0 Å². The van der Waals surface area contributed by atoms with Crippen LogP contribution in [0.15, 0.2) is 0 Å². The van der Waals surface area contributed by atoms with Crippen molar-refractivity contribution in [1.82, 2.24) is 0 Å². The van der Waals surface area contributed by atoms with Gasteiger partial charge in [0.1, 0.15) is 0 Å². The maximum atomic E-state index is 10.6. The molecule has 0 amide bonds. The topological polar surface area (TPSA) is 37.3 Å². The summed E-state index contributed by atoms with van der Waals surface area (Å²) in [5.41, 5.74) is 0. The molecular formula is C19H34O2. The van der Waals surface area contributed by atoms with E-state index in [0.29, 0.717) is 6.42 Å². The molecule has 2 fully saturated rings. The first-order chi connectivity index (χ1) is 10.2. The molecule has 1 N–H and O–H groups in total. The maximum Gasteiger partial charge on any atom is 0.303 e. The summed E-state index contributed by atoms with van der Waals surface area (Å²) in [6.45, 7) is 2.32. The Balaban J connectivity index is 1.62. The zero-order valence-electron chi connectivity index (χ0n) is 13.9. The molecule has 122 valence electrons. The Labute approximate surface area is 130 Å². The minimum absolute atomic E-state index is 0.362. The van der Waals surface area contributed by atoms with Crippen molar-refractivity contribution >= 4 is 5.97 Å². The molecule has 0 unspecified atom stereocenters. The van der Waals surface area contributed by atoms with Gasteiger partial charge in [-0.1, -0.05) is 45.4 Å². The lowest BCUT2D eigenvalue weighted by Gasteiger charge is -2.38. The molecule has 2 heteroatoms. The molecule has 0 atom stereocenters. The summed E-state index contributed by atoms with van der Waals surface area (Å²) in [6, 6.07) is 0. The SMILES string of the molecule is CCC[C@H]1CC[C@H]([C@H]2CC[C@H](CCCC(=O)O)CC2)CC1. The number of hydrogen-bond donors (Lipinski definition) is 1. The Morgan fingerprint density at radius 2 is 1.33 bits per heavy atom. The van der Waals surface area contributed by atoms with Gasteiger partial charge in [-0.2, -0.15) is 0 Å².